The van der Waals surface area contributed by atoms with Crippen molar-refractivity contribution in [2.75, 3.05) is 6.61 Å². The normalized spacial score (nSPS) is 12.1. The van der Waals surface area contributed by atoms with Crippen molar-refractivity contribution in [1.82, 2.24) is 9.55 Å². The van der Waals surface area contributed by atoms with Crippen molar-refractivity contribution < 1.29 is 14.6 Å². The molecule has 3 aromatic rings. The van der Waals surface area contributed by atoms with Crippen molar-refractivity contribution in [1.29, 1.82) is 0 Å². The molecule has 27 heavy (non-hydrogen) atoms. The number of imidazole rings is 1. The number of amides is 1. The number of thiophene rings is 1. The van der Waals surface area contributed by atoms with Crippen LogP contribution >= 0.6 is 22.9 Å². The monoisotopic (exact) mass is 405 g/mol. The maximum atomic E-state index is 11.0. The van der Waals surface area contributed by atoms with Gasteiger partial charge in [-0.15, -0.1) is 11.3 Å². The van der Waals surface area contributed by atoms with E-state index in [9.17, 15) is 9.90 Å². The highest BCUT2D eigenvalue weighted by atomic mass is 35.5. The predicted octanol–water partition coefficient (Wildman–Crippen LogP) is 3.58. The highest BCUT2D eigenvalue weighted by Gasteiger charge is 2.09. The highest BCUT2D eigenvalue weighted by Crippen LogP contribution is 2.32. The summed E-state index contributed by atoms with van der Waals surface area (Å²) >= 11 is 7.52. The van der Waals surface area contributed by atoms with Crippen molar-refractivity contribution in [3.63, 3.8) is 0 Å². The van der Waals surface area contributed by atoms with Gasteiger partial charge in [-0.2, -0.15) is 0 Å². The van der Waals surface area contributed by atoms with E-state index in [1.54, 1.807) is 4.57 Å². The Morgan fingerprint density at radius 2 is 2.22 bits per heavy atom. The first-order chi connectivity index (χ1) is 13.0. The first-order valence-corrected chi connectivity index (χ1v) is 9.69. The van der Waals surface area contributed by atoms with E-state index < -0.39 is 12.0 Å². The van der Waals surface area contributed by atoms with Gasteiger partial charge < -0.3 is 20.1 Å². The summed E-state index contributed by atoms with van der Waals surface area (Å²) in [7, 11) is 0. The van der Waals surface area contributed by atoms with Crippen LogP contribution in [-0.4, -0.2) is 33.3 Å². The molecular formula is C19H20ClN3O3S. The number of primary amides is 1. The van der Waals surface area contributed by atoms with Crippen LogP contribution in [0.15, 0.2) is 48.9 Å². The van der Waals surface area contributed by atoms with Crippen LogP contribution in [-0.2, 0) is 6.54 Å². The third-order valence-corrected chi connectivity index (χ3v) is 5.23. The predicted molar refractivity (Wildman–Crippen MR) is 106 cm³/mol. The quantitative estimate of drug-likeness (QED) is 0.532. The number of hydrogen-bond donors (Lipinski definition) is 2. The number of halogens is 1. The summed E-state index contributed by atoms with van der Waals surface area (Å²) in [5.74, 6) is 0.205. The first kappa shape index (κ1) is 19.4. The Balaban J connectivity index is 1.43. The maximum absolute atomic E-state index is 11.0. The number of carbonyl (C=O) groups excluding carboxylic acids is 1. The zero-order chi connectivity index (χ0) is 19.2. The van der Waals surface area contributed by atoms with Crippen molar-refractivity contribution in [2.45, 2.75) is 25.5 Å². The number of benzene rings is 1. The molecule has 6 nitrogen and oxygen atoms in total. The molecular weight excluding hydrogens is 386 g/mol. The lowest BCUT2D eigenvalue weighted by Gasteiger charge is -2.12. The Bertz CT molecular complexity index is 909. The Hall–Kier alpha value is -2.35. The third-order valence-electron chi connectivity index (χ3n) is 3.95. The van der Waals surface area contributed by atoms with Gasteiger partial charge in [-0.3, -0.25) is 4.79 Å². The fourth-order valence-electron chi connectivity index (χ4n) is 2.64. The molecule has 0 saturated heterocycles. The van der Waals surface area contributed by atoms with Crippen LogP contribution in [0.25, 0.3) is 10.4 Å². The van der Waals surface area contributed by atoms with Crippen LogP contribution in [0.1, 0.15) is 23.3 Å². The molecule has 0 fully saturated rings. The van der Waals surface area contributed by atoms with Crippen molar-refractivity contribution >= 4 is 28.8 Å². The number of carbonyl (C=O) groups is 1. The van der Waals surface area contributed by atoms with Gasteiger partial charge in [-0.1, -0.05) is 23.7 Å². The Labute approximate surface area is 166 Å². The van der Waals surface area contributed by atoms with Crippen molar-refractivity contribution in [2.24, 2.45) is 5.73 Å². The fourth-order valence-corrected chi connectivity index (χ4v) is 3.68. The zero-order valence-electron chi connectivity index (χ0n) is 14.5. The molecule has 1 atom stereocenters. The first-order valence-electron chi connectivity index (χ1n) is 8.49. The molecule has 2 heterocycles. The van der Waals surface area contributed by atoms with Crippen LogP contribution in [0.3, 0.4) is 0 Å². The van der Waals surface area contributed by atoms with E-state index in [2.05, 4.69) is 4.98 Å². The molecule has 0 unspecified atom stereocenters. The second kappa shape index (κ2) is 9.03. The summed E-state index contributed by atoms with van der Waals surface area (Å²) in [6.45, 7) is 0.858. The molecule has 2 aromatic heterocycles. The summed E-state index contributed by atoms with van der Waals surface area (Å²) in [6.07, 6.45) is 3.74. The van der Waals surface area contributed by atoms with Crippen LogP contribution < -0.4 is 10.5 Å². The van der Waals surface area contributed by atoms with Gasteiger partial charge in [0, 0.05) is 17.6 Å². The Kier molecular flexibility index (Phi) is 6.49. The van der Waals surface area contributed by atoms with Gasteiger partial charge in [0.2, 0.25) is 0 Å². The lowest BCUT2D eigenvalue weighted by molar-refractivity contribution is 0.0995. The average Bonchev–Trinajstić information content (AvgIpc) is 3.28. The van der Waals surface area contributed by atoms with E-state index in [4.69, 9.17) is 22.1 Å². The fraction of sp³-hybridized carbons (Fsp3) is 0.263. The lowest BCUT2D eigenvalue weighted by Crippen LogP contribution is -2.16. The van der Waals surface area contributed by atoms with E-state index in [1.807, 2.05) is 36.4 Å². The van der Waals surface area contributed by atoms with E-state index in [1.165, 1.54) is 23.9 Å². The van der Waals surface area contributed by atoms with E-state index in [0.29, 0.717) is 26.0 Å². The zero-order valence-corrected chi connectivity index (χ0v) is 16.1. The van der Waals surface area contributed by atoms with Gasteiger partial charge in [0.25, 0.3) is 5.91 Å². The van der Waals surface area contributed by atoms with Gasteiger partial charge in [-0.05, 0) is 42.7 Å². The number of aliphatic hydroxyl groups is 1. The number of aliphatic hydroxyl groups excluding tert-OH is 1. The van der Waals surface area contributed by atoms with Crippen LogP contribution in [0, 0.1) is 0 Å². The smallest absolute Gasteiger partial charge is 0.268 e. The Morgan fingerprint density at radius 1 is 1.37 bits per heavy atom. The minimum absolute atomic E-state index is 0.192. The van der Waals surface area contributed by atoms with Crippen molar-refractivity contribution in [3.05, 3.63) is 59.0 Å². The standard InChI is InChI=1S/C19H20ClN3O3S/c20-18-7-6-17(27-18)13-3-1-5-15(9-13)26-8-2-4-14(24)10-23-11-16(19(21)25)22-12-23/h1,3,5-7,9,11-12,14,24H,2,4,8,10H2,(H2,21,25)/t14-/m0/s1. The molecule has 1 amide bonds. The van der Waals surface area contributed by atoms with Gasteiger partial charge in [-0.25, -0.2) is 4.98 Å². The number of aromatic nitrogens is 2. The largest absolute Gasteiger partial charge is 0.494 e. The molecule has 0 aliphatic carbocycles. The molecule has 0 aliphatic heterocycles. The molecule has 0 saturated carbocycles. The van der Waals surface area contributed by atoms with Crippen LogP contribution in [0.5, 0.6) is 5.75 Å². The second-order valence-electron chi connectivity index (χ2n) is 6.10. The number of hydrogen-bond acceptors (Lipinski definition) is 5. The van der Waals surface area contributed by atoms with E-state index in [0.717, 1.165) is 20.5 Å². The minimum atomic E-state index is -0.580. The Morgan fingerprint density at radius 3 is 2.93 bits per heavy atom. The topological polar surface area (TPSA) is 90.4 Å². The number of ether oxygens (including phenoxy) is 1. The maximum Gasteiger partial charge on any atom is 0.268 e. The van der Waals surface area contributed by atoms with E-state index in [-0.39, 0.29) is 5.69 Å². The molecule has 3 N–H and O–H groups in total. The van der Waals surface area contributed by atoms with Crippen molar-refractivity contribution in [3.8, 4) is 16.2 Å². The molecule has 3 rings (SSSR count). The summed E-state index contributed by atoms with van der Waals surface area (Å²) < 4.78 is 8.20. The van der Waals surface area contributed by atoms with E-state index >= 15 is 0 Å². The average molecular weight is 406 g/mol. The number of nitrogens with two attached hydrogens (primary N) is 1. The molecule has 142 valence electrons. The molecule has 8 heteroatoms. The summed E-state index contributed by atoms with van der Waals surface area (Å²) in [4.78, 5) is 16.0. The highest BCUT2D eigenvalue weighted by molar-refractivity contribution is 7.19. The SMILES string of the molecule is NC(=O)c1cn(C[C@@H](O)CCCOc2cccc(-c3ccc(Cl)s3)c2)cn1. The minimum Gasteiger partial charge on any atom is -0.494 e. The summed E-state index contributed by atoms with van der Waals surface area (Å²) in [6, 6.07) is 11.7. The number of nitrogens with zero attached hydrogens (tertiary/aromatic N) is 2. The molecule has 0 spiro atoms. The molecule has 0 radical (unpaired) electrons. The summed E-state index contributed by atoms with van der Waals surface area (Å²) in [5.41, 5.74) is 6.42. The van der Waals surface area contributed by atoms with Gasteiger partial charge in [0.15, 0.2) is 0 Å². The lowest BCUT2D eigenvalue weighted by atomic mass is 10.2. The van der Waals surface area contributed by atoms with Crippen LogP contribution in [0.2, 0.25) is 4.34 Å². The van der Waals surface area contributed by atoms with Gasteiger partial charge in [0.1, 0.15) is 11.4 Å². The van der Waals surface area contributed by atoms with Crippen LogP contribution in [0.4, 0.5) is 0 Å². The third kappa shape index (κ3) is 5.56. The number of rotatable bonds is 9. The molecule has 0 bridgehead atoms. The molecule has 0 aliphatic rings. The second-order valence-corrected chi connectivity index (χ2v) is 7.81. The van der Waals surface area contributed by atoms with Gasteiger partial charge in [0.05, 0.1) is 23.4 Å². The van der Waals surface area contributed by atoms with Gasteiger partial charge >= 0.3 is 0 Å². The molecule has 1 aromatic carbocycles. The summed E-state index contributed by atoms with van der Waals surface area (Å²) in [5, 5.41) is 10.1.